The number of imidazole rings is 1. The maximum absolute atomic E-state index is 13.9. The average molecular weight is 823 g/mol. The molecule has 2 N–H and O–H groups in total. The lowest BCUT2D eigenvalue weighted by Gasteiger charge is -2.39. The highest BCUT2D eigenvalue weighted by Gasteiger charge is 2.40. The van der Waals surface area contributed by atoms with E-state index in [0.29, 0.717) is 17.3 Å². The molecule has 0 saturated heterocycles. The summed E-state index contributed by atoms with van der Waals surface area (Å²) in [6.45, 7) is 4.97. The Balaban J connectivity index is 1.14. The third kappa shape index (κ3) is 11.2. The molecule has 0 saturated carbocycles. The molecular formula is C49H50N4O8. The number of nitrogens with one attached hydrogen (secondary N) is 2. The molecule has 0 bridgehead atoms. The molecule has 314 valence electrons. The number of carbonyl (C=O) groups is 3. The van der Waals surface area contributed by atoms with Gasteiger partial charge in [-0.15, -0.1) is 0 Å². The van der Waals surface area contributed by atoms with Gasteiger partial charge in [-0.3, -0.25) is 4.79 Å². The van der Waals surface area contributed by atoms with E-state index in [1.54, 1.807) is 71.5 Å². The minimum Gasteiger partial charge on any atom is -0.497 e. The number of nitrogens with zero attached hydrogens (tertiary/aromatic N) is 2. The summed E-state index contributed by atoms with van der Waals surface area (Å²) in [6.07, 6.45) is 5.68. The third-order valence-corrected chi connectivity index (χ3v) is 9.59. The highest BCUT2D eigenvalue weighted by atomic mass is 16.7. The molecule has 1 unspecified atom stereocenters. The molecule has 1 atom stereocenters. The lowest BCUT2D eigenvalue weighted by molar-refractivity contribution is -0.123. The van der Waals surface area contributed by atoms with E-state index in [2.05, 4.69) is 47.0 Å². The first kappa shape index (κ1) is 43.2. The van der Waals surface area contributed by atoms with Gasteiger partial charge in [0.1, 0.15) is 46.9 Å². The first-order valence-electron chi connectivity index (χ1n) is 19.8. The molecule has 0 aliphatic rings. The number of amides is 2. The van der Waals surface area contributed by atoms with Crippen LogP contribution in [0.4, 0.5) is 9.59 Å². The van der Waals surface area contributed by atoms with Crippen LogP contribution in [0.3, 0.4) is 0 Å². The maximum atomic E-state index is 13.9. The van der Waals surface area contributed by atoms with Gasteiger partial charge in [0, 0.05) is 24.9 Å². The number of hydrogen-bond acceptors (Lipinski definition) is 9. The first-order chi connectivity index (χ1) is 29.5. The largest absolute Gasteiger partial charge is 0.513 e. The normalized spacial score (nSPS) is 12.0. The van der Waals surface area contributed by atoms with Crippen LogP contribution in [-0.4, -0.2) is 66.7 Å². The molecule has 6 aromatic rings. The van der Waals surface area contributed by atoms with Crippen molar-refractivity contribution in [3.63, 3.8) is 0 Å². The molecule has 0 aliphatic heterocycles. The number of ether oxygens (including phenoxy) is 5. The van der Waals surface area contributed by atoms with Crippen molar-refractivity contribution in [1.82, 2.24) is 20.2 Å². The minimum absolute atomic E-state index is 0.00581. The Labute approximate surface area is 356 Å². The van der Waals surface area contributed by atoms with Gasteiger partial charge in [-0.05, 0) is 72.9 Å². The summed E-state index contributed by atoms with van der Waals surface area (Å²) in [4.78, 5) is 44.4. The van der Waals surface area contributed by atoms with E-state index in [1.807, 2.05) is 89.6 Å². The van der Waals surface area contributed by atoms with E-state index in [0.717, 1.165) is 27.8 Å². The van der Waals surface area contributed by atoms with Gasteiger partial charge in [0.25, 0.3) is 0 Å². The van der Waals surface area contributed by atoms with Crippen LogP contribution < -0.4 is 24.8 Å². The van der Waals surface area contributed by atoms with E-state index in [1.165, 1.54) is 0 Å². The monoisotopic (exact) mass is 822 g/mol. The number of methoxy groups -OCH3 is 2. The zero-order valence-corrected chi connectivity index (χ0v) is 34.9. The Kier molecular flexibility index (Phi) is 14.2. The third-order valence-electron chi connectivity index (χ3n) is 9.59. The molecule has 6 rings (SSSR count). The Morgan fingerprint density at radius 1 is 0.705 bits per heavy atom. The van der Waals surface area contributed by atoms with Gasteiger partial charge in [0.2, 0.25) is 5.91 Å². The van der Waals surface area contributed by atoms with Gasteiger partial charge >= 0.3 is 12.2 Å². The summed E-state index contributed by atoms with van der Waals surface area (Å²) in [5, 5.41) is 5.53. The van der Waals surface area contributed by atoms with Gasteiger partial charge in [-0.2, -0.15) is 0 Å². The second-order valence-corrected chi connectivity index (χ2v) is 15.0. The molecule has 2 amide bonds. The van der Waals surface area contributed by atoms with Crippen LogP contribution in [0.1, 0.15) is 54.4 Å². The number of hydrogen-bond donors (Lipinski definition) is 2. The van der Waals surface area contributed by atoms with E-state index in [9.17, 15) is 14.4 Å². The van der Waals surface area contributed by atoms with Crippen molar-refractivity contribution in [2.24, 2.45) is 0 Å². The second-order valence-electron chi connectivity index (χ2n) is 15.0. The van der Waals surface area contributed by atoms with Crippen LogP contribution in [0.25, 0.3) is 12.2 Å². The molecule has 0 aliphatic carbocycles. The van der Waals surface area contributed by atoms with Gasteiger partial charge < -0.3 is 38.9 Å². The van der Waals surface area contributed by atoms with Crippen molar-refractivity contribution in [2.75, 3.05) is 27.4 Å². The molecule has 0 radical (unpaired) electrons. The number of carbonyl (C=O) groups excluding carboxylic acids is 3. The van der Waals surface area contributed by atoms with Gasteiger partial charge in [-0.1, -0.05) is 115 Å². The van der Waals surface area contributed by atoms with E-state index < -0.39 is 35.3 Å². The lowest BCUT2D eigenvalue weighted by atomic mass is 9.76. The first-order valence-corrected chi connectivity index (χ1v) is 19.8. The zero-order valence-electron chi connectivity index (χ0n) is 34.9. The van der Waals surface area contributed by atoms with Crippen molar-refractivity contribution < 1.29 is 38.1 Å². The maximum Gasteiger partial charge on any atom is 0.513 e. The molecule has 12 heteroatoms. The predicted octanol–water partition coefficient (Wildman–Crippen LogP) is 8.68. The van der Waals surface area contributed by atoms with Crippen LogP contribution in [-0.2, 0) is 26.2 Å². The Morgan fingerprint density at radius 3 is 1.77 bits per heavy atom. The van der Waals surface area contributed by atoms with Crippen molar-refractivity contribution in [1.29, 1.82) is 0 Å². The SMILES string of the molecule is COc1cc(/C=C/c2ccc(OC(=O)OCCNC(=O)C(Cc3nccn3C(c3ccccc3)(c3ccccc3)c3ccccc3)NC(=O)OC(C)(C)C)cc2)cc(OC)c1. The Bertz CT molecular complexity index is 2270. The number of rotatable bonds is 16. The quantitative estimate of drug-likeness (QED) is 0.0323. The van der Waals surface area contributed by atoms with Crippen molar-refractivity contribution >= 4 is 30.3 Å². The molecule has 1 heterocycles. The predicted molar refractivity (Wildman–Crippen MR) is 234 cm³/mol. The summed E-state index contributed by atoms with van der Waals surface area (Å²) >= 11 is 0. The number of alkyl carbamates (subject to hydrolysis) is 1. The van der Waals surface area contributed by atoms with Crippen molar-refractivity contribution in [3.8, 4) is 17.2 Å². The fourth-order valence-corrected chi connectivity index (χ4v) is 6.91. The molecule has 12 nitrogen and oxygen atoms in total. The summed E-state index contributed by atoms with van der Waals surface area (Å²) in [7, 11) is 3.19. The summed E-state index contributed by atoms with van der Waals surface area (Å²) in [6, 6.07) is 41.5. The summed E-state index contributed by atoms with van der Waals surface area (Å²) < 4.78 is 28.9. The summed E-state index contributed by atoms with van der Waals surface area (Å²) in [5.74, 6) is 1.63. The van der Waals surface area contributed by atoms with Crippen molar-refractivity contribution in [3.05, 3.63) is 179 Å². The van der Waals surface area contributed by atoms with Crippen molar-refractivity contribution in [2.45, 2.75) is 44.4 Å². The zero-order chi connectivity index (χ0) is 43.2. The van der Waals surface area contributed by atoms with Gasteiger partial charge in [0.15, 0.2) is 0 Å². The lowest BCUT2D eigenvalue weighted by Crippen LogP contribution is -2.50. The van der Waals surface area contributed by atoms with Gasteiger partial charge in [-0.25, -0.2) is 14.6 Å². The topological polar surface area (TPSA) is 139 Å². The summed E-state index contributed by atoms with van der Waals surface area (Å²) in [5.41, 5.74) is 2.94. The van der Waals surface area contributed by atoms with E-state index in [4.69, 9.17) is 28.7 Å². The van der Waals surface area contributed by atoms with E-state index >= 15 is 0 Å². The fourth-order valence-electron chi connectivity index (χ4n) is 6.91. The highest BCUT2D eigenvalue weighted by molar-refractivity contribution is 5.86. The average Bonchev–Trinajstić information content (AvgIpc) is 3.73. The minimum atomic E-state index is -1.12. The van der Waals surface area contributed by atoms with E-state index in [-0.39, 0.29) is 25.3 Å². The smallest absolute Gasteiger partial charge is 0.497 e. The number of benzene rings is 5. The fraction of sp³-hybridized carbons (Fsp3) is 0.224. The van der Waals surface area contributed by atoms with Gasteiger partial charge in [0.05, 0.1) is 20.8 Å². The molecule has 5 aromatic carbocycles. The number of aromatic nitrogens is 2. The van der Waals surface area contributed by atoms with Crippen LogP contribution >= 0.6 is 0 Å². The van der Waals surface area contributed by atoms with Crippen LogP contribution in [0, 0.1) is 0 Å². The standard InChI is InChI=1S/C49H50N4O8/c1-48(2,3)61-46(55)52-43(34-44-50-27-29-53(44)49(37-15-9-6-10-16-37,38-17-11-7-12-18-38)39-19-13-8-14-20-39)45(54)51-28-30-59-47(56)60-40-25-23-35(24-26-40)21-22-36-31-41(57-4)33-42(32-36)58-5/h6-27,29,31-33,43H,28,30,34H2,1-5H3,(H,51,54)(H,52,55)/b22-21+. The highest BCUT2D eigenvalue weighted by Crippen LogP contribution is 2.41. The van der Waals surface area contributed by atoms with Crippen LogP contribution in [0.5, 0.6) is 17.2 Å². The molecular weight excluding hydrogens is 773 g/mol. The molecule has 0 spiro atoms. The molecule has 1 aromatic heterocycles. The molecule has 0 fully saturated rings. The van der Waals surface area contributed by atoms with Crippen LogP contribution in [0.2, 0.25) is 0 Å². The molecule has 61 heavy (non-hydrogen) atoms. The Hall–Kier alpha value is -7.34. The van der Waals surface area contributed by atoms with Crippen LogP contribution in [0.15, 0.2) is 146 Å². The second kappa shape index (κ2) is 20.1. The Morgan fingerprint density at radius 2 is 1.25 bits per heavy atom.